The Morgan fingerprint density at radius 2 is 1.81 bits per heavy atom. The first kappa shape index (κ1) is 14.1. The average Bonchev–Trinajstić information content (AvgIpc) is 2.73. The van der Waals surface area contributed by atoms with Gasteiger partial charge >= 0.3 is 0 Å². The van der Waals surface area contributed by atoms with Crippen molar-refractivity contribution < 1.29 is 19.8 Å². The van der Waals surface area contributed by atoms with Crippen molar-refractivity contribution in [1.82, 2.24) is 4.90 Å². The summed E-state index contributed by atoms with van der Waals surface area (Å²) < 4.78 is 45.4. The number of ketones is 1. The van der Waals surface area contributed by atoms with Gasteiger partial charge in [0.1, 0.15) is 5.82 Å². The van der Waals surface area contributed by atoms with Gasteiger partial charge in [0.05, 0.1) is 11.1 Å². The third-order valence-electron chi connectivity index (χ3n) is 4.94. The largest absolute Gasteiger partial charge is 0.385 e. The normalized spacial score (nSPS) is 19.3. The van der Waals surface area contributed by atoms with Gasteiger partial charge in [0.2, 0.25) is 0 Å². The number of rotatable bonds is 6. The number of carbonyl (C=O) groups excluding carboxylic acids is 1. The van der Waals surface area contributed by atoms with E-state index in [0.717, 1.165) is 0 Å². The standard InChI is InChI=1S/C22H26FNO2/c1-17-4-8-19(9-5-17)22(26)12-15-24(16-13-22)14-2-3-21(25)18-6-10-20(23)11-7-18/h4-11,26H,2-3,12-16H2,1H3/i4D,5D,8D,9D. The molecule has 0 aliphatic carbocycles. The van der Waals surface area contributed by atoms with Crippen molar-refractivity contribution in [2.45, 2.75) is 38.2 Å². The predicted molar refractivity (Wildman–Crippen MR) is 101 cm³/mol. The second-order valence-electron chi connectivity index (χ2n) is 6.91. The molecular weight excluding hydrogens is 329 g/mol. The highest BCUT2D eigenvalue weighted by Gasteiger charge is 2.33. The molecule has 26 heavy (non-hydrogen) atoms. The molecule has 3 rings (SSSR count). The fourth-order valence-corrected chi connectivity index (χ4v) is 3.25. The van der Waals surface area contributed by atoms with E-state index in [4.69, 9.17) is 5.48 Å². The Morgan fingerprint density at radius 3 is 2.42 bits per heavy atom. The van der Waals surface area contributed by atoms with Crippen molar-refractivity contribution in [3.8, 4) is 0 Å². The summed E-state index contributed by atoms with van der Waals surface area (Å²) in [6.45, 7) is 3.29. The zero-order valence-corrected chi connectivity index (χ0v) is 14.9. The molecule has 1 saturated heterocycles. The molecule has 0 atom stereocenters. The number of piperidine rings is 1. The van der Waals surface area contributed by atoms with Crippen molar-refractivity contribution in [1.29, 1.82) is 0 Å². The van der Waals surface area contributed by atoms with Crippen LogP contribution in [0.25, 0.3) is 0 Å². The number of nitrogens with zero attached hydrogens (tertiary/aromatic N) is 1. The quantitative estimate of drug-likeness (QED) is 0.790. The first-order chi connectivity index (χ1) is 14.1. The molecule has 1 fully saturated rings. The Labute approximate surface area is 160 Å². The molecule has 0 aromatic heterocycles. The zero-order valence-electron chi connectivity index (χ0n) is 18.9. The maximum Gasteiger partial charge on any atom is 0.162 e. The Morgan fingerprint density at radius 1 is 1.19 bits per heavy atom. The van der Waals surface area contributed by atoms with Gasteiger partial charge in [-0.2, -0.15) is 0 Å². The van der Waals surface area contributed by atoms with Gasteiger partial charge < -0.3 is 10.0 Å². The smallest absolute Gasteiger partial charge is 0.162 e. The van der Waals surface area contributed by atoms with Crippen molar-refractivity contribution in [2.75, 3.05) is 19.6 Å². The average molecular weight is 359 g/mol. The van der Waals surface area contributed by atoms with Gasteiger partial charge in [-0.3, -0.25) is 4.79 Å². The summed E-state index contributed by atoms with van der Waals surface area (Å²) in [5, 5.41) is 11.1. The molecule has 0 saturated carbocycles. The molecule has 0 unspecified atom stereocenters. The first-order valence-corrected chi connectivity index (χ1v) is 8.95. The zero-order chi connectivity index (χ0) is 22.1. The van der Waals surface area contributed by atoms with Gasteiger partial charge in [0, 0.05) is 25.1 Å². The van der Waals surface area contributed by atoms with Crippen LogP contribution in [-0.2, 0) is 5.60 Å². The third-order valence-corrected chi connectivity index (χ3v) is 4.94. The second-order valence-corrected chi connectivity index (χ2v) is 6.91. The number of likely N-dealkylation sites (tertiary alicyclic amines) is 1. The number of Topliss-reactive ketones (excluding diaryl/α,β-unsaturated/α-hetero) is 1. The summed E-state index contributed by atoms with van der Waals surface area (Å²) in [5.74, 6) is -0.408. The van der Waals surface area contributed by atoms with Crippen LogP contribution >= 0.6 is 0 Å². The van der Waals surface area contributed by atoms with E-state index < -0.39 is 5.60 Å². The molecule has 2 aromatic carbocycles. The van der Waals surface area contributed by atoms with Gasteiger partial charge in [0.25, 0.3) is 0 Å². The highest BCUT2D eigenvalue weighted by atomic mass is 19.1. The molecule has 0 bridgehead atoms. The van der Waals surface area contributed by atoms with Gasteiger partial charge in [-0.05, 0) is 62.6 Å². The summed E-state index contributed by atoms with van der Waals surface area (Å²) in [4.78, 5) is 14.3. The minimum absolute atomic E-state index is 0.0354. The number of hydrogen-bond acceptors (Lipinski definition) is 3. The first-order valence-electron chi connectivity index (χ1n) is 10.9. The summed E-state index contributed by atoms with van der Waals surface area (Å²) in [6, 6.07) is 4.95. The Balaban J connectivity index is 1.58. The SMILES string of the molecule is [2H]c1c([2H])c(C2(O)CCN(CCCC(=O)c3ccc(F)cc3)CC2)c([2H])c([2H])c1C. The fourth-order valence-electron chi connectivity index (χ4n) is 3.25. The van der Waals surface area contributed by atoms with Crippen LogP contribution in [0, 0.1) is 12.7 Å². The lowest BCUT2D eigenvalue weighted by Crippen LogP contribution is -2.42. The minimum atomic E-state index is -1.39. The fraction of sp³-hybridized carbons (Fsp3) is 0.409. The molecular formula is C22H26FNO2. The van der Waals surface area contributed by atoms with Gasteiger partial charge in [0.15, 0.2) is 5.78 Å². The lowest BCUT2D eigenvalue weighted by molar-refractivity contribution is -0.0260. The molecule has 1 heterocycles. The molecule has 4 heteroatoms. The van der Waals surface area contributed by atoms with Gasteiger partial charge in [-0.25, -0.2) is 4.39 Å². The van der Waals surface area contributed by atoms with Gasteiger partial charge in [-0.1, -0.05) is 29.7 Å². The third kappa shape index (κ3) is 4.57. The van der Waals surface area contributed by atoms with E-state index in [0.29, 0.717) is 50.9 Å². The van der Waals surface area contributed by atoms with E-state index >= 15 is 0 Å². The second kappa shape index (κ2) is 8.11. The van der Waals surface area contributed by atoms with Crippen molar-refractivity contribution >= 4 is 5.78 Å². The molecule has 0 spiro atoms. The minimum Gasteiger partial charge on any atom is -0.385 e. The molecule has 2 aromatic rings. The Bertz CT molecular complexity index is 912. The Kier molecular flexibility index (Phi) is 4.39. The number of carbonyl (C=O) groups is 1. The van der Waals surface area contributed by atoms with Crippen molar-refractivity contribution in [3.05, 3.63) is 70.9 Å². The Hall–Kier alpha value is -2.04. The van der Waals surface area contributed by atoms with Crippen LogP contribution in [0.3, 0.4) is 0 Å². The highest BCUT2D eigenvalue weighted by molar-refractivity contribution is 5.95. The lowest BCUT2D eigenvalue weighted by Gasteiger charge is -2.38. The van der Waals surface area contributed by atoms with E-state index in [1.54, 1.807) is 6.92 Å². The van der Waals surface area contributed by atoms with Crippen LogP contribution in [0.1, 0.15) is 52.7 Å². The maximum absolute atomic E-state index is 13.0. The van der Waals surface area contributed by atoms with E-state index in [-0.39, 0.29) is 46.9 Å². The maximum atomic E-state index is 13.0. The van der Waals surface area contributed by atoms with Crippen molar-refractivity contribution in [2.24, 2.45) is 0 Å². The van der Waals surface area contributed by atoms with E-state index in [1.807, 2.05) is 0 Å². The molecule has 0 radical (unpaired) electrons. The van der Waals surface area contributed by atoms with Crippen LogP contribution in [0.5, 0.6) is 0 Å². The lowest BCUT2D eigenvalue weighted by atomic mass is 9.84. The number of halogens is 1. The molecule has 1 N–H and O–H groups in total. The van der Waals surface area contributed by atoms with Crippen LogP contribution < -0.4 is 0 Å². The van der Waals surface area contributed by atoms with Crippen LogP contribution in [0.15, 0.2) is 48.4 Å². The molecule has 0 amide bonds. The van der Waals surface area contributed by atoms with Crippen molar-refractivity contribution in [3.63, 3.8) is 0 Å². The predicted octanol–water partition coefficient (Wildman–Crippen LogP) is 4.08. The molecule has 138 valence electrons. The van der Waals surface area contributed by atoms with Crippen LogP contribution in [0.2, 0.25) is 0 Å². The molecule has 1 aliphatic heterocycles. The highest BCUT2D eigenvalue weighted by Crippen LogP contribution is 2.33. The molecule has 1 aliphatic rings. The summed E-state index contributed by atoms with van der Waals surface area (Å²) in [7, 11) is 0. The summed E-state index contributed by atoms with van der Waals surface area (Å²) in [6.07, 6.45) is 1.60. The number of benzene rings is 2. The molecule has 3 nitrogen and oxygen atoms in total. The number of aliphatic hydroxyl groups is 1. The summed E-state index contributed by atoms with van der Waals surface area (Å²) in [5.41, 5.74) is -0.546. The van der Waals surface area contributed by atoms with Crippen LogP contribution in [-0.4, -0.2) is 35.4 Å². The van der Waals surface area contributed by atoms with E-state index in [1.165, 1.54) is 24.3 Å². The number of hydrogen-bond donors (Lipinski definition) is 1. The summed E-state index contributed by atoms with van der Waals surface area (Å²) >= 11 is 0. The monoisotopic (exact) mass is 359 g/mol. The topological polar surface area (TPSA) is 40.5 Å². The van der Waals surface area contributed by atoms with Crippen LogP contribution in [0.4, 0.5) is 4.39 Å². The van der Waals surface area contributed by atoms with Gasteiger partial charge in [-0.15, -0.1) is 0 Å². The van der Waals surface area contributed by atoms with E-state index in [9.17, 15) is 14.3 Å². The van der Waals surface area contributed by atoms with E-state index in [2.05, 4.69) is 4.90 Å².